The normalized spacial score (nSPS) is 7.62. The van der Waals surface area contributed by atoms with Gasteiger partial charge in [-0.1, -0.05) is 35.9 Å². The summed E-state index contributed by atoms with van der Waals surface area (Å²) in [6.07, 6.45) is 0. The van der Waals surface area contributed by atoms with Gasteiger partial charge < -0.3 is 0 Å². The molecule has 0 saturated carbocycles. The summed E-state index contributed by atoms with van der Waals surface area (Å²) < 4.78 is 0. The van der Waals surface area contributed by atoms with Gasteiger partial charge in [-0.25, -0.2) is 0 Å². The number of rotatable bonds is 0. The number of hydrogen-bond donors (Lipinski definition) is 0. The standard InChI is InChI=1S/C7H8.Ru.2H/c1-7-5-3-2-4-6-7;;;/h2-6H,1H3;;;. The minimum absolute atomic E-state index is 0. The molecule has 0 heterocycles. The zero-order valence-corrected chi connectivity index (χ0v) is 6.80. The van der Waals surface area contributed by atoms with E-state index >= 15 is 0 Å². The van der Waals surface area contributed by atoms with Gasteiger partial charge in [0.15, 0.2) is 0 Å². The van der Waals surface area contributed by atoms with Crippen molar-refractivity contribution in [2.24, 2.45) is 0 Å². The van der Waals surface area contributed by atoms with Crippen LogP contribution in [0.5, 0.6) is 0 Å². The fourth-order valence-electron chi connectivity index (χ4n) is 0.534. The molecule has 0 radical (unpaired) electrons. The molecule has 0 saturated heterocycles. The van der Waals surface area contributed by atoms with Gasteiger partial charge in [-0.2, -0.15) is 0 Å². The topological polar surface area (TPSA) is 0 Å². The van der Waals surface area contributed by atoms with Gasteiger partial charge in [0.25, 0.3) is 0 Å². The van der Waals surface area contributed by atoms with Crippen LogP contribution in [0, 0.1) is 6.92 Å². The van der Waals surface area contributed by atoms with Crippen molar-refractivity contribution in [1.29, 1.82) is 0 Å². The molecule has 1 rings (SSSR count). The van der Waals surface area contributed by atoms with E-state index in [9.17, 15) is 0 Å². The molecule has 0 aliphatic carbocycles. The number of aryl methyl sites for hydroxylation is 1. The molecule has 0 spiro atoms. The average molecular weight is 195 g/mol. The van der Waals surface area contributed by atoms with E-state index in [1.54, 1.807) is 0 Å². The van der Waals surface area contributed by atoms with E-state index in [1.165, 1.54) is 5.56 Å². The van der Waals surface area contributed by atoms with E-state index in [0.29, 0.717) is 0 Å². The van der Waals surface area contributed by atoms with Crippen LogP contribution in [0.2, 0.25) is 0 Å². The van der Waals surface area contributed by atoms with Gasteiger partial charge in [-0.3, -0.25) is 0 Å². The van der Waals surface area contributed by atoms with Gasteiger partial charge in [0.2, 0.25) is 0 Å². The SMILES string of the molecule is Cc1ccccc1.[RuH2]. The van der Waals surface area contributed by atoms with Gasteiger partial charge >= 0.3 is 19.5 Å². The molecule has 0 atom stereocenters. The Morgan fingerprint density at radius 3 is 1.75 bits per heavy atom. The molecule has 0 aliphatic heterocycles. The number of benzene rings is 1. The third kappa shape index (κ3) is 2.23. The Bertz CT molecular complexity index is 134. The summed E-state index contributed by atoms with van der Waals surface area (Å²) in [6.45, 7) is 2.08. The second kappa shape index (κ2) is 3.80. The molecule has 0 N–H and O–H groups in total. The first kappa shape index (κ1) is 7.84. The summed E-state index contributed by atoms with van der Waals surface area (Å²) in [6, 6.07) is 10.3. The molecule has 0 nitrogen and oxygen atoms in total. The van der Waals surface area contributed by atoms with Crippen LogP contribution in [0.15, 0.2) is 30.3 Å². The molecule has 1 aromatic rings. The maximum atomic E-state index is 2.08. The van der Waals surface area contributed by atoms with E-state index in [-0.39, 0.29) is 19.5 Å². The third-order valence-electron chi connectivity index (χ3n) is 0.940. The van der Waals surface area contributed by atoms with E-state index in [0.717, 1.165) is 0 Å². The van der Waals surface area contributed by atoms with Crippen molar-refractivity contribution in [1.82, 2.24) is 0 Å². The van der Waals surface area contributed by atoms with Crippen molar-refractivity contribution in [2.75, 3.05) is 0 Å². The van der Waals surface area contributed by atoms with Crippen molar-refractivity contribution in [3.63, 3.8) is 0 Å². The zero-order valence-electron chi connectivity index (χ0n) is 4.79. The Labute approximate surface area is 62.7 Å². The predicted molar refractivity (Wildman–Crippen MR) is 34.0 cm³/mol. The van der Waals surface area contributed by atoms with E-state index in [4.69, 9.17) is 0 Å². The van der Waals surface area contributed by atoms with Crippen LogP contribution in [0.3, 0.4) is 0 Å². The molecule has 1 heteroatoms. The Kier molecular flexibility index (Phi) is 3.72. The minimum atomic E-state index is 0. The van der Waals surface area contributed by atoms with Gasteiger partial charge in [0.1, 0.15) is 0 Å². The molecule has 0 aromatic heterocycles. The molecule has 0 unspecified atom stereocenters. The molecule has 0 fully saturated rings. The summed E-state index contributed by atoms with van der Waals surface area (Å²) in [5.74, 6) is 0. The van der Waals surface area contributed by atoms with Crippen molar-refractivity contribution in [2.45, 2.75) is 6.92 Å². The Morgan fingerprint density at radius 1 is 1.00 bits per heavy atom. The zero-order chi connectivity index (χ0) is 5.11. The fourth-order valence-corrected chi connectivity index (χ4v) is 0.534. The van der Waals surface area contributed by atoms with E-state index in [1.807, 2.05) is 18.2 Å². The van der Waals surface area contributed by atoms with E-state index in [2.05, 4.69) is 19.1 Å². The summed E-state index contributed by atoms with van der Waals surface area (Å²) in [5.41, 5.74) is 1.32. The van der Waals surface area contributed by atoms with Gasteiger partial charge in [0, 0.05) is 0 Å². The fraction of sp³-hybridized carbons (Fsp3) is 0.143. The quantitative estimate of drug-likeness (QED) is 0.550. The van der Waals surface area contributed by atoms with Crippen molar-refractivity contribution < 1.29 is 19.5 Å². The molecular formula is C7H10Ru. The van der Waals surface area contributed by atoms with Crippen LogP contribution in [0.25, 0.3) is 0 Å². The Hall–Kier alpha value is -0.157. The first-order valence-electron chi connectivity index (χ1n) is 2.41. The van der Waals surface area contributed by atoms with Crippen LogP contribution in [-0.4, -0.2) is 0 Å². The third-order valence-corrected chi connectivity index (χ3v) is 0.940. The second-order valence-electron chi connectivity index (χ2n) is 1.65. The maximum absolute atomic E-state index is 2.08. The molecule has 46 valence electrons. The predicted octanol–water partition coefficient (Wildman–Crippen LogP) is 1.46. The Balaban J connectivity index is 0.000000490. The van der Waals surface area contributed by atoms with Gasteiger partial charge in [-0.05, 0) is 6.92 Å². The van der Waals surface area contributed by atoms with Crippen LogP contribution < -0.4 is 0 Å². The monoisotopic (exact) mass is 196 g/mol. The van der Waals surface area contributed by atoms with Gasteiger partial charge in [-0.15, -0.1) is 0 Å². The first-order valence-corrected chi connectivity index (χ1v) is 2.41. The molecule has 0 bridgehead atoms. The molecule has 1 aromatic carbocycles. The van der Waals surface area contributed by atoms with Crippen LogP contribution in [-0.2, 0) is 19.5 Å². The number of hydrogen-bond acceptors (Lipinski definition) is 0. The van der Waals surface area contributed by atoms with Crippen molar-refractivity contribution >= 4 is 0 Å². The Morgan fingerprint density at radius 2 is 1.50 bits per heavy atom. The molecule has 8 heavy (non-hydrogen) atoms. The first-order chi connectivity index (χ1) is 3.39. The molecular weight excluding hydrogens is 185 g/mol. The molecule has 0 amide bonds. The summed E-state index contributed by atoms with van der Waals surface area (Å²) in [5, 5.41) is 0. The summed E-state index contributed by atoms with van der Waals surface area (Å²) in [4.78, 5) is 0. The average Bonchev–Trinajstić information content (AvgIpc) is 1.69. The van der Waals surface area contributed by atoms with Crippen LogP contribution >= 0.6 is 0 Å². The van der Waals surface area contributed by atoms with E-state index < -0.39 is 0 Å². The van der Waals surface area contributed by atoms with Crippen molar-refractivity contribution in [3.8, 4) is 0 Å². The van der Waals surface area contributed by atoms with Crippen molar-refractivity contribution in [3.05, 3.63) is 35.9 Å². The summed E-state index contributed by atoms with van der Waals surface area (Å²) in [7, 11) is 0. The van der Waals surface area contributed by atoms with Crippen LogP contribution in [0.1, 0.15) is 5.56 Å². The summed E-state index contributed by atoms with van der Waals surface area (Å²) >= 11 is 0. The van der Waals surface area contributed by atoms with Crippen LogP contribution in [0.4, 0.5) is 0 Å². The van der Waals surface area contributed by atoms with Gasteiger partial charge in [0.05, 0.1) is 0 Å². The second-order valence-corrected chi connectivity index (χ2v) is 1.65. The molecule has 0 aliphatic rings.